The van der Waals surface area contributed by atoms with Crippen LogP contribution >= 0.6 is 0 Å². The van der Waals surface area contributed by atoms with Crippen molar-refractivity contribution in [3.63, 3.8) is 0 Å². The third-order valence-corrected chi connectivity index (χ3v) is 3.44. The fourth-order valence-electron chi connectivity index (χ4n) is 2.14. The van der Waals surface area contributed by atoms with E-state index in [9.17, 15) is 9.18 Å². The Morgan fingerprint density at radius 3 is 2.44 bits per heavy atom. The molecule has 0 aromatic heterocycles. The zero-order valence-corrected chi connectivity index (χ0v) is 14.5. The lowest BCUT2D eigenvalue weighted by Gasteiger charge is -2.10. The van der Waals surface area contributed by atoms with E-state index in [-0.39, 0.29) is 11.7 Å². The number of halogens is 1. The molecule has 4 nitrogen and oxygen atoms in total. The highest BCUT2D eigenvalue weighted by atomic mass is 19.1. The Kier molecular flexibility index (Phi) is 7.16. The molecule has 0 spiro atoms. The number of hydrogen-bond donors (Lipinski definition) is 1. The first-order chi connectivity index (χ1) is 12.0. The van der Waals surface area contributed by atoms with Gasteiger partial charge in [-0.3, -0.25) is 4.79 Å². The molecule has 132 valence electrons. The van der Waals surface area contributed by atoms with Gasteiger partial charge in [-0.05, 0) is 68.6 Å². The van der Waals surface area contributed by atoms with Crippen molar-refractivity contribution in [2.45, 2.75) is 6.42 Å². The zero-order valence-electron chi connectivity index (χ0n) is 14.5. The monoisotopic (exact) mass is 342 g/mol. The lowest BCUT2D eigenvalue weighted by atomic mass is 10.2. The lowest BCUT2D eigenvalue weighted by molar-refractivity contribution is -0.111. The van der Waals surface area contributed by atoms with Gasteiger partial charge in [0.15, 0.2) is 0 Å². The zero-order chi connectivity index (χ0) is 18.1. The summed E-state index contributed by atoms with van der Waals surface area (Å²) in [5, 5.41) is 2.77. The number of carbonyl (C=O) groups is 1. The number of ether oxygens (including phenoxy) is 1. The SMILES string of the molecule is CN(C)CCCOc1ccc(NC(=O)/C=C/c2ccc(F)cc2)cc1. The molecule has 25 heavy (non-hydrogen) atoms. The molecule has 0 saturated carbocycles. The maximum Gasteiger partial charge on any atom is 0.248 e. The normalized spacial score (nSPS) is 11.0. The minimum atomic E-state index is -0.300. The van der Waals surface area contributed by atoms with Crippen LogP contribution in [-0.4, -0.2) is 38.1 Å². The Balaban J connectivity index is 1.79. The number of rotatable bonds is 8. The number of amides is 1. The first kappa shape index (κ1) is 18.7. The molecule has 2 aromatic carbocycles. The molecule has 0 radical (unpaired) electrons. The predicted octanol–water partition coefficient (Wildman–Crippen LogP) is 3.81. The molecule has 2 aromatic rings. The van der Waals surface area contributed by atoms with Crippen molar-refractivity contribution >= 4 is 17.7 Å². The Bertz CT molecular complexity index is 695. The number of hydrogen-bond acceptors (Lipinski definition) is 3. The van der Waals surface area contributed by atoms with E-state index in [0.29, 0.717) is 12.3 Å². The molecule has 0 fully saturated rings. The van der Waals surface area contributed by atoms with Gasteiger partial charge in [-0.2, -0.15) is 0 Å². The molecule has 1 N–H and O–H groups in total. The van der Waals surface area contributed by atoms with E-state index in [1.165, 1.54) is 18.2 Å². The molecule has 0 aliphatic rings. The minimum Gasteiger partial charge on any atom is -0.494 e. The van der Waals surface area contributed by atoms with Gasteiger partial charge in [-0.1, -0.05) is 12.1 Å². The van der Waals surface area contributed by atoms with Gasteiger partial charge in [0.2, 0.25) is 5.91 Å². The predicted molar refractivity (Wildman–Crippen MR) is 99.2 cm³/mol. The number of nitrogens with one attached hydrogen (secondary N) is 1. The van der Waals surface area contributed by atoms with Crippen molar-refractivity contribution in [1.29, 1.82) is 0 Å². The maximum absolute atomic E-state index is 12.8. The van der Waals surface area contributed by atoms with Crippen LogP contribution in [0, 0.1) is 5.82 Å². The van der Waals surface area contributed by atoms with Crippen molar-refractivity contribution in [3.8, 4) is 5.75 Å². The highest BCUT2D eigenvalue weighted by Crippen LogP contribution is 2.16. The molecule has 0 aliphatic carbocycles. The summed E-state index contributed by atoms with van der Waals surface area (Å²) >= 11 is 0. The van der Waals surface area contributed by atoms with E-state index >= 15 is 0 Å². The fraction of sp³-hybridized carbons (Fsp3) is 0.250. The summed E-state index contributed by atoms with van der Waals surface area (Å²) in [6, 6.07) is 13.2. The molecule has 0 aliphatic heterocycles. The van der Waals surface area contributed by atoms with Gasteiger partial charge in [0.25, 0.3) is 0 Å². The summed E-state index contributed by atoms with van der Waals surface area (Å²) in [6.07, 6.45) is 4.01. The van der Waals surface area contributed by atoms with Gasteiger partial charge in [-0.15, -0.1) is 0 Å². The van der Waals surface area contributed by atoms with E-state index in [1.807, 2.05) is 26.2 Å². The van der Waals surface area contributed by atoms with Crippen LogP contribution in [0.25, 0.3) is 6.08 Å². The Labute approximate surface area is 147 Å². The smallest absolute Gasteiger partial charge is 0.248 e. The maximum atomic E-state index is 12.8. The van der Waals surface area contributed by atoms with Gasteiger partial charge in [0, 0.05) is 18.3 Å². The summed E-state index contributed by atoms with van der Waals surface area (Å²) in [4.78, 5) is 14.0. The van der Waals surface area contributed by atoms with E-state index < -0.39 is 0 Å². The molecular weight excluding hydrogens is 319 g/mol. The van der Waals surface area contributed by atoms with Gasteiger partial charge >= 0.3 is 0 Å². The Morgan fingerprint density at radius 2 is 1.80 bits per heavy atom. The van der Waals surface area contributed by atoms with Gasteiger partial charge < -0.3 is 15.0 Å². The van der Waals surface area contributed by atoms with Crippen LogP contribution in [0.5, 0.6) is 5.75 Å². The second-order valence-electron chi connectivity index (χ2n) is 5.90. The third kappa shape index (κ3) is 7.18. The largest absolute Gasteiger partial charge is 0.494 e. The van der Waals surface area contributed by atoms with Crippen LogP contribution in [0.4, 0.5) is 10.1 Å². The van der Waals surface area contributed by atoms with Crippen LogP contribution in [0.2, 0.25) is 0 Å². The van der Waals surface area contributed by atoms with Crippen LogP contribution in [-0.2, 0) is 4.79 Å². The Hall–Kier alpha value is -2.66. The molecule has 0 heterocycles. The average Bonchev–Trinajstić information content (AvgIpc) is 2.59. The van der Waals surface area contributed by atoms with Gasteiger partial charge in [0.05, 0.1) is 6.61 Å². The van der Waals surface area contributed by atoms with Crippen LogP contribution in [0.3, 0.4) is 0 Å². The first-order valence-corrected chi connectivity index (χ1v) is 8.15. The number of anilines is 1. The van der Waals surface area contributed by atoms with E-state index in [0.717, 1.165) is 24.3 Å². The summed E-state index contributed by atoms with van der Waals surface area (Å²) in [7, 11) is 4.06. The summed E-state index contributed by atoms with van der Waals surface area (Å²) in [5.74, 6) is 0.230. The second kappa shape index (κ2) is 9.59. The van der Waals surface area contributed by atoms with E-state index in [4.69, 9.17) is 4.74 Å². The lowest BCUT2D eigenvalue weighted by Crippen LogP contribution is -2.15. The first-order valence-electron chi connectivity index (χ1n) is 8.15. The van der Waals surface area contributed by atoms with Crippen molar-refractivity contribution in [2.24, 2.45) is 0 Å². The topological polar surface area (TPSA) is 41.6 Å². The Morgan fingerprint density at radius 1 is 1.12 bits per heavy atom. The van der Waals surface area contributed by atoms with Gasteiger partial charge in [-0.25, -0.2) is 4.39 Å². The van der Waals surface area contributed by atoms with Crippen molar-refractivity contribution in [3.05, 3.63) is 66.0 Å². The second-order valence-corrected chi connectivity index (χ2v) is 5.90. The van der Waals surface area contributed by atoms with E-state index in [1.54, 1.807) is 30.3 Å². The number of benzene rings is 2. The van der Waals surface area contributed by atoms with Crippen LogP contribution < -0.4 is 10.1 Å². The van der Waals surface area contributed by atoms with Crippen molar-refractivity contribution < 1.29 is 13.9 Å². The standard InChI is InChI=1S/C20H23FN2O2/c1-23(2)14-3-15-25-19-11-9-18(10-12-19)22-20(24)13-6-16-4-7-17(21)8-5-16/h4-13H,3,14-15H2,1-2H3,(H,22,24)/b13-6+. The van der Waals surface area contributed by atoms with Crippen molar-refractivity contribution in [2.75, 3.05) is 32.6 Å². The molecule has 2 rings (SSSR count). The molecular formula is C20H23FN2O2. The van der Waals surface area contributed by atoms with Crippen LogP contribution in [0.1, 0.15) is 12.0 Å². The minimum absolute atomic E-state index is 0.246. The fourth-order valence-corrected chi connectivity index (χ4v) is 2.14. The summed E-state index contributed by atoms with van der Waals surface area (Å²) < 4.78 is 18.5. The van der Waals surface area contributed by atoms with E-state index in [2.05, 4.69) is 10.2 Å². The highest BCUT2D eigenvalue weighted by Gasteiger charge is 2.00. The van der Waals surface area contributed by atoms with Gasteiger partial charge in [0.1, 0.15) is 11.6 Å². The molecule has 0 bridgehead atoms. The molecule has 5 heteroatoms. The molecule has 0 saturated heterocycles. The number of nitrogens with zero attached hydrogens (tertiary/aromatic N) is 1. The van der Waals surface area contributed by atoms with Crippen LogP contribution in [0.15, 0.2) is 54.6 Å². The highest BCUT2D eigenvalue weighted by molar-refractivity contribution is 6.01. The van der Waals surface area contributed by atoms with Crippen molar-refractivity contribution in [1.82, 2.24) is 4.90 Å². The molecule has 1 amide bonds. The average molecular weight is 342 g/mol. The third-order valence-electron chi connectivity index (χ3n) is 3.44. The quantitative estimate of drug-likeness (QED) is 0.586. The molecule has 0 atom stereocenters. The summed E-state index contributed by atoms with van der Waals surface area (Å²) in [5.41, 5.74) is 1.45. The number of carbonyl (C=O) groups excluding carboxylic acids is 1. The summed E-state index contributed by atoms with van der Waals surface area (Å²) in [6.45, 7) is 1.64. The molecule has 0 unspecified atom stereocenters.